The van der Waals surface area contributed by atoms with Gasteiger partial charge in [0.05, 0.1) is 24.9 Å². The predicted molar refractivity (Wildman–Crippen MR) is 121 cm³/mol. The number of methoxy groups -OCH3 is 1. The van der Waals surface area contributed by atoms with Crippen molar-refractivity contribution in [1.82, 2.24) is 15.3 Å². The highest BCUT2D eigenvalue weighted by Crippen LogP contribution is 2.39. The lowest BCUT2D eigenvalue weighted by Gasteiger charge is -2.29. The van der Waals surface area contributed by atoms with Crippen LogP contribution in [0.1, 0.15) is 21.5 Å². The molecule has 0 aliphatic carbocycles. The molecule has 2 aromatic heterocycles. The Hall–Kier alpha value is -3.59. The van der Waals surface area contributed by atoms with Crippen molar-refractivity contribution in [1.29, 1.82) is 0 Å². The lowest BCUT2D eigenvalue weighted by atomic mass is 10.0. The zero-order valence-electron chi connectivity index (χ0n) is 18.4. The number of benzene rings is 1. The third kappa shape index (κ3) is 3.68. The lowest BCUT2D eigenvalue weighted by molar-refractivity contribution is 0.0996. The van der Waals surface area contributed by atoms with Crippen LogP contribution in [0.25, 0.3) is 11.3 Å². The van der Waals surface area contributed by atoms with Gasteiger partial charge in [0.15, 0.2) is 11.6 Å². The largest absolute Gasteiger partial charge is 0.496 e. The third-order valence-electron chi connectivity index (χ3n) is 6.02. The highest BCUT2D eigenvalue weighted by Gasteiger charge is 2.34. The average molecular weight is 451 g/mol. The number of nitrogens with one attached hydrogen (secondary N) is 1. The van der Waals surface area contributed by atoms with Gasteiger partial charge in [-0.1, -0.05) is 0 Å². The first-order valence-electron chi connectivity index (χ1n) is 10.7. The number of piperazine rings is 1. The van der Waals surface area contributed by atoms with E-state index in [0.717, 1.165) is 43.6 Å². The van der Waals surface area contributed by atoms with Crippen LogP contribution in [0.2, 0.25) is 0 Å². The molecular formula is C24H23F2N5O2. The zero-order valence-corrected chi connectivity index (χ0v) is 18.4. The van der Waals surface area contributed by atoms with E-state index in [9.17, 15) is 13.6 Å². The molecule has 0 atom stereocenters. The first-order valence-corrected chi connectivity index (χ1v) is 10.7. The van der Waals surface area contributed by atoms with Crippen LogP contribution in [-0.2, 0) is 6.54 Å². The number of halogens is 2. The van der Waals surface area contributed by atoms with Gasteiger partial charge in [0.2, 0.25) is 0 Å². The second kappa shape index (κ2) is 8.40. The number of rotatable bonds is 4. The van der Waals surface area contributed by atoms with Crippen molar-refractivity contribution < 1.29 is 18.3 Å². The fourth-order valence-corrected chi connectivity index (χ4v) is 4.38. The van der Waals surface area contributed by atoms with Gasteiger partial charge in [-0.25, -0.2) is 13.8 Å². The molecule has 0 spiro atoms. The Morgan fingerprint density at radius 1 is 1.09 bits per heavy atom. The number of pyridine rings is 2. The Morgan fingerprint density at radius 3 is 2.61 bits per heavy atom. The van der Waals surface area contributed by atoms with Crippen molar-refractivity contribution in [3.8, 4) is 17.0 Å². The van der Waals surface area contributed by atoms with Crippen LogP contribution in [0.15, 0.2) is 36.5 Å². The van der Waals surface area contributed by atoms with Crippen molar-refractivity contribution in [3.05, 3.63) is 64.9 Å². The molecular weight excluding hydrogens is 428 g/mol. The van der Waals surface area contributed by atoms with Gasteiger partial charge in [-0.2, -0.15) is 0 Å². The van der Waals surface area contributed by atoms with E-state index in [1.807, 2.05) is 19.1 Å². The van der Waals surface area contributed by atoms with Crippen LogP contribution in [0.3, 0.4) is 0 Å². The van der Waals surface area contributed by atoms with Crippen molar-refractivity contribution in [2.45, 2.75) is 13.5 Å². The van der Waals surface area contributed by atoms with Gasteiger partial charge in [0.25, 0.3) is 5.91 Å². The number of ether oxygens (including phenoxy) is 1. The van der Waals surface area contributed by atoms with Crippen molar-refractivity contribution in [2.75, 3.05) is 43.1 Å². The van der Waals surface area contributed by atoms with Gasteiger partial charge in [-0.05, 0) is 42.8 Å². The minimum absolute atomic E-state index is 0.0947. The van der Waals surface area contributed by atoms with E-state index in [2.05, 4.69) is 15.2 Å². The molecule has 3 aromatic rings. The summed E-state index contributed by atoms with van der Waals surface area (Å²) in [5.41, 5.74) is 1.97. The Labute approximate surface area is 190 Å². The number of fused-ring (bicyclic) bond motifs is 1. The molecule has 9 heteroatoms. The maximum absolute atomic E-state index is 14.8. The summed E-state index contributed by atoms with van der Waals surface area (Å²) in [6, 6.07) is 7.81. The maximum atomic E-state index is 14.8. The van der Waals surface area contributed by atoms with Crippen LogP contribution >= 0.6 is 0 Å². The minimum atomic E-state index is -1.06. The summed E-state index contributed by atoms with van der Waals surface area (Å²) >= 11 is 0. The molecule has 33 heavy (non-hydrogen) atoms. The first-order chi connectivity index (χ1) is 16.0. The second-order valence-electron chi connectivity index (χ2n) is 8.11. The van der Waals surface area contributed by atoms with Crippen LogP contribution in [-0.4, -0.2) is 49.2 Å². The van der Waals surface area contributed by atoms with Gasteiger partial charge in [-0.3, -0.25) is 14.7 Å². The molecule has 1 fully saturated rings. The van der Waals surface area contributed by atoms with Crippen molar-refractivity contribution in [2.24, 2.45) is 0 Å². The first kappa shape index (κ1) is 21.3. The molecule has 4 heterocycles. The summed E-state index contributed by atoms with van der Waals surface area (Å²) in [6.07, 6.45) is 1.43. The van der Waals surface area contributed by atoms with E-state index >= 15 is 0 Å². The van der Waals surface area contributed by atoms with Crippen molar-refractivity contribution in [3.63, 3.8) is 0 Å². The number of anilines is 2. The van der Waals surface area contributed by atoms with E-state index in [1.54, 1.807) is 11.0 Å². The second-order valence-corrected chi connectivity index (χ2v) is 8.11. The summed E-state index contributed by atoms with van der Waals surface area (Å²) < 4.78 is 34.1. The summed E-state index contributed by atoms with van der Waals surface area (Å²) in [5.74, 6) is -0.846. The van der Waals surface area contributed by atoms with Crippen LogP contribution in [0.4, 0.5) is 20.4 Å². The van der Waals surface area contributed by atoms with Gasteiger partial charge >= 0.3 is 0 Å². The molecule has 7 nitrogen and oxygen atoms in total. The average Bonchev–Trinajstić information content (AvgIpc) is 3.18. The quantitative estimate of drug-likeness (QED) is 0.657. The molecule has 1 saturated heterocycles. The summed E-state index contributed by atoms with van der Waals surface area (Å²) in [6.45, 7) is 5.51. The van der Waals surface area contributed by atoms with Crippen molar-refractivity contribution >= 4 is 17.5 Å². The highest BCUT2D eigenvalue weighted by atomic mass is 19.2. The zero-order chi connectivity index (χ0) is 23.1. The molecule has 2 aliphatic heterocycles. The number of hydrogen-bond donors (Lipinski definition) is 1. The number of hydrogen-bond acceptors (Lipinski definition) is 6. The van der Waals surface area contributed by atoms with Gasteiger partial charge in [0, 0.05) is 43.5 Å². The van der Waals surface area contributed by atoms with Crippen LogP contribution in [0, 0.1) is 18.6 Å². The summed E-state index contributed by atoms with van der Waals surface area (Å²) in [4.78, 5) is 26.1. The molecule has 1 aromatic carbocycles. The van der Waals surface area contributed by atoms with E-state index in [4.69, 9.17) is 9.72 Å². The number of aryl methyl sites for hydroxylation is 1. The molecule has 0 unspecified atom stereocenters. The smallest absolute Gasteiger partial charge is 0.260 e. The molecule has 170 valence electrons. The predicted octanol–water partition coefficient (Wildman–Crippen LogP) is 3.31. The van der Waals surface area contributed by atoms with E-state index < -0.39 is 11.6 Å². The molecule has 0 bridgehead atoms. The molecule has 1 N–H and O–H groups in total. The molecule has 1 amide bonds. The molecule has 0 saturated carbocycles. The van der Waals surface area contributed by atoms with E-state index in [-0.39, 0.29) is 29.5 Å². The number of carbonyl (C=O) groups is 1. The molecule has 2 aliphatic rings. The van der Waals surface area contributed by atoms with E-state index in [0.29, 0.717) is 16.9 Å². The van der Waals surface area contributed by atoms with Gasteiger partial charge < -0.3 is 15.0 Å². The van der Waals surface area contributed by atoms with Crippen LogP contribution in [0.5, 0.6) is 5.75 Å². The highest BCUT2D eigenvalue weighted by molar-refractivity contribution is 6.10. The fraction of sp³-hybridized carbons (Fsp3) is 0.292. The summed E-state index contributed by atoms with van der Waals surface area (Å²) in [7, 11) is 1.38. The number of nitrogens with zero attached hydrogens (tertiary/aromatic N) is 4. The lowest BCUT2D eigenvalue weighted by Crippen LogP contribution is -2.44. The number of carbonyl (C=O) groups excluding carboxylic acids is 1. The van der Waals surface area contributed by atoms with Crippen LogP contribution < -0.4 is 19.9 Å². The minimum Gasteiger partial charge on any atom is -0.496 e. The third-order valence-corrected chi connectivity index (χ3v) is 6.02. The molecule has 5 rings (SSSR count). The van der Waals surface area contributed by atoms with E-state index in [1.165, 1.54) is 19.4 Å². The maximum Gasteiger partial charge on any atom is 0.260 e. The van der Waals surface area contributed by atoms with Gasteiger partial charge in [-0.15, -0.1) is 0 Å². The molecule has 0 radical (unpaired) electrons. The Balaban J connectivity index is 1.56. The summed E-state index contributed by atoms with van der Waals surface area (Å²) in [5, 5.41) is 3.32. The number of amides is 1. The fourth-order valence-electron chi connectivity index (χ4n) is 4.38. The topological polar surface area (TPSA) is 70.6 Å². The Bertz CT molecular complexity index is 1240. The Kier molecular flexibility index (Phi) is 5.41. The van der Waals surface area contributed by atoms with Gasteiger partial charge in [0.1, 0.15) is 17.4 Å². The Morgan fingerprint density at radius 2 is 1.85 bits per heavy atom. The SMILES string of the molecule is COc1ccc(F)c(F)c1-c1nccc2c1CN(c1cc(C)cc(N3CCNCC3)n1)C2=O. The standard InChI is InChI=1S/C24H23F2N5O2/c1-14-11-19(30-9-7-27-8-10-30)29-20(12-14)31-13-16-15(24(31)32)5-6-28-23(16)21-18(33-2)4-3-17(25)22(21)26/h3-6,11-12,27H,7-10,13H2,1-2H3. The normalized spacial score (nSPS) is 15.7. The number of aromatic nitrogens is 2. The monoisotopic (exact) mass is 451 g/mol.